The van der Waals surface area contributed by atoms with Crippen LogP contribution in [0.4, 0.5) is 0 Å². The first kappa shape index (κ1) is 19.1. The number of halogens is 1. The predicted octanol–water partition coefficient (Wildman–Crippen LogP) is 0.591. The van der Waals surface area contributed by atoms with Crippen molar-refractivity contribution in [2.24, 2.45) is 11.8 Å². The van der Waals surface area contributed by atoms with Crippen LogP contribution in [0.3, 0.4) is 0 Å². The van der Waals surface area contributed by atoms with Crippen molar-refractivity contribution >= 4 is 27.6 Å². The molecule has 1 aromatic rings. The van der Waals surface area contributed by atoms with Gasteiger partial charge in [0, 0.05) is 17.2 Å². The number of nitrogens with zero attached hydrogens (tertiary/aromatic N) is 1. The molecule has 3 rings (SSSR count). The molecule has 2 bridgehead atoms. The minimum atomic E-state index is -3.62. The molecule has 7 heteroatoms. The molecule has 2 fully saturated rings. The Labute approximate surface area is 153 Å². The van der Waals surface area contributed by atoms with Gasteiger partial charge in [0.2, 0.25) is 0 Å². The molecule has 2 aliphatic carbocycles. The van der Waals surface area contributed by atoms with Gasteiger partial charge in [0.05, 0.1) is 0 Å². The van der Waals surface area contributed by atoms with Crippen molar-refractivity contribution < 1.29 is 42.8 Å². The number of hydrogen-bond donors (Lipinski definition) is 0. The van der Waals surface area contributed by atoms with Crippen LogP contribution in [0.2, 0.25) is 0 Å². The van der Waals surface area contributed by atoms with Crippen LogP contribution in [0.15, 0.2) is 29.2 Å². The third kappa shape index (κ3) is 5.05. The summed E-state index contributed by atoms with van der Waals surface area (Å²) in [6.07, 6.45) is 4.66. The van der Waals surface area contributed by atoms with Gasteiger partial charge in [-0.1, -0.05) is 17.7 Å². The molecule has 4 nitrogen and oxygen atoms in total. The van der Waals surface area contributed by atoms with Gasteiger partial charge in [-0.2, -0.15) is 0 Å². The standard InChI is InChI=1S/C7H7ClNO2S.C7H10O.Na/c1-6-2-4-7(5-3-6)12(10,11)9-8;8-7-4-5-1-2-6(7)3-5;/h2-5H,1H3;5-6H,1-4H2;/q-1;;+1. The summed E-state index contributed by atoms with van der Waals surface area (Å²) in [6.45, 7) is 1.87. The predicted molar refractivity (Wildman–Crippen MR) is 78.0 cm³/mol. The number of sulfonamides is 1. The monoisotopic (exact) mass is 337 g/mol. The van der Waals surface area contributed by atoms with E-state index < -0.39 is 10.0 Å². The van der Waals surface area contributed by atoms with Crippen LogP contribution in [0.1, 0.15) is 31.2 Å². The summed E-state index contributed by atoms with van der Waals surface area (Å²) in [5.41, 5.74) is 0.989. The van der Waals surface area contributed by atoms with E-state index in [9.17, 15) is 13.2 Å². The van der Waals surface area contributed by atoms with Crippen molar-refractivity contribution in [2.45, 2.75) is 37.5 Å². The zero-order valence-electron chi connectivity index (χ0n) is 12.3. The summed E-state index contributed by atoms with van der Waals surface area (Å²) in [7, 11) is -3.62. The smallest absolute Gasteiger partial charge is 0.458 e. The van der Waals surface area contributed by atoms with Crippen LogP contribution in [0, 0.1) is 18.8 Å². The first-order valence-electron chi connectivity index (χ1n) is 6.60. The zero-order valence-corrected chi connectivity index (χ0v) is 15.8. The van der Waals surface area contributed by atoms with Gasteiger partial charge < -0.3 is 4.24 Å². The fourth-order valence-electron chi connectivity index (χ4n) is 2.75. The Balaban J connectivity index is 0.000000213. The molecular weight excluding hydrogens is 321 g/mol. The van der Waals surface area contributed by atoms with E-state index in [1.165, 1.54) is 31.4 Å². The van der Waals surface area contributed by atoms with Gasteiger partial charge in [-0.25, -0.2) is 8.42 Å². The Morgan fingerprint density at radius 2 is 1.81 bits per heavy atom. The van der Waals surface area contributed by atoms with E-state index >= 15 is 0 Å². The molecule has 21 heavy (non-hydrogen) atoms. The number of rotatable bonds is 2. The van der Waals surface area contributed by atoms with Gasteiger partial charge in [-0.05, 0) is 44.2 Å². The van der Waals surface area contributed by atoms with E-state index in [4.69, 9.17) is 11.8 Å². The molecule has 0 aromatic heterocycles. The van der Waals surface area contributed by atoms with Crippen molar-refractivity contribution in [3.05, 3.63) is 34.1 Å². The summed E-state index contributed by atoms with van der Waals surface area (Å²) in [5, 5.41) is 0. The average Bonchev–Trinajstić information content (AvgIpc) is 3.02. The first-order valence-corrected chi connectivity index (χ1v) is 8.38. The fraction of sp³-hybridized carbons (Fsp3) is 0.500. The summed E-state index contributed by atoms with van der Waals surface area (Å²) in [4.78, 5) is 10.9. The molecule has 2 atom stereocenters. The molecule has 0 saturated heterocycles. The van der Waals surface area contributed by atoms with Crippen LogP contribution >= 0.6 is 11.8 Å². The quantitative estimate of drug-likeness (QED) is 0.742. The first-order chi connectivity index (χ1) is 9.42. The fourth-order valence-corrected chi connectivity index (χ4v) is 3.55. The normalized spacial score (nSPS) is 23.2. The number of carbonyl (C=O) groups is 1. The Hall–Kier alpha value is 0.0900. The molecule has 1 aromatic carbocycles. The summed E-state index contributed by atoms with van der Waals surface area (Å²) >= 11 is 4.90. The average molecular weight is 338 g/mol. The van der Waals surface area contributed by atoms with Gasteiger partial charge in [-0.15, -0.1) is 0 Å². The Morgan fingerprint density at radius 1 is 1.19 bits per heavy atom. The van der Waals surface area contributed by atoms with Crippen molar-refractivity contribution in [3.8, 4) is 0 Å². The maximum absolute atomic E-state index is 11.0. The molecule has 2 unspecified atom stereocenters. The molecule has 0 heterocycles. The van der Waals surface area contributed by atoms with Crippen molar-refractivity contribution in [1.82, 2.24) is 0 Å². The van der Waals surface area contributed by atoms with E-state index in [1.807, 2.05) is 6.92 Å². The number of carbonyl (C=O) groups excluding carboxylic acids is 1. The van der Waals surface area contributed by atoms with Crippen molar-refractivity contribution in [2.75, 3.05) is 0 Å². The van der Waals surface area contributed by atoms with Crippen LogP contribution in [0.25, 0.3) is 4.24 Å². The number of benzene rings is 1. The Bertz CT molecular complexity index is 589. The van der Waals surface area contributed by atoms with Gasteiger partial charge in [0.25, 0.3) is 0 Å². The van der Waals surface area contributed by atoms with Crippen molar-refractivity contribution in [1.29, 1.82) is 0 Å². The largest absolute Gasteiger partial charge is 1.00 e. The second kappa shape index (κ2) is 8.09. The van der Waals surface area contributed by atoms with Gasteiger partial charge in [0.15, 0.2) is 0 Å². The zero-order chi connectivity index (χ0) is 14.8. The van der Waals surface area contributed by atoms with E-state index in [1.54, 1.807) is 12.1 Å². The van der Waals surface area contributed by atoms with Gasteiger partial charge >= 0.3 is 29.6 Å². The minimum absolute atomic E-state index is 0. The molecule has 0 aliphatic heterocycles. The molecule has 110 valence electrons. The van der Waals surface area contributed by atoms with E-state index in [2.05, 4.69) is 4.24 Å². The van der Waals surface area contributed by atoms with E-state index in [-0.39, 0.29) is 34.5 Å². The van der Waals surface area contributed by atoms with Gasteiger partial charge in [-0.3, -0.25) is 16.6 Å². The summed E-state index contributed by atoms with van der Waals surface area (Å²) < 4.78 is 24.8. The number of ketones is 1. The minimum Gasteiger partial charge on any atom is -0.458 e. The second-order valence-corrected chi connectivity index (χ2v) is 7.38. The van der Waals surface area contributed by atoms with Crippen LogP contribution in [-0.4, -0.2) is 14.2 Å². The molecule has 0 N–H and O–H groups in total. The van der Waals surface area contributed by atoms with E-state index in [0.717, 1.165) is 17.9 Å². The molecule has 2 saturated carbocycles. The third-order valence-electron chi connectivity index (χ3n) is 3.90. The molecule has 0 radical (unpaired) electrons. The Morgan fingerprint density at radius 3 is 2.14 bits per heavy atom. The Kier molecular flexibility index (Phi) is 7.37. The second-order valence-electron chi connectivity index (χ2n) is 5.40. The maximum Gasteiger partial charge on any atom is 1.00 e. The number of hydrogen-bond acceptors (Lipinski definition) is 3. The number of aryl methyl sites for hydroxylation is 1. The van der Waals surface area contributed by atoms with Crippen LogP contribution in [-0.2, 0) is 14.8 Å². The SMILES string of the molecule is Cc1ccc(S(=O)(=O)[N-]Cl)cc1.O=C1CC2CCC1C2.[Na+]. The number of Topliss-reactive ketones (excluding diaryl/α,β-unsaturated/α-hetero) is 1. The molecular formula is C14H17ClNNaO3S. The number of fused-ring (bicyclic) bond motifs is 2. The van der Waals surface area contributed by atoms with Crippen molar-refractivity contribution in [3.63, 3.8) is 0 Å². The van der Waals surface area contributed by atoms with Crippen LogP contribution < -0.4 is 29.6 Å². The molecule has 2 aliphatic rings. The summed E-state index contributed by atoms with van der Waals surface area (Å²) in [6, 6.07) is 6.32. The topological polar surface area (TPSA) is 65.3 Å². The molecule has 0 amide bonds. The third-order valence-corrected chi connectivity index (χ3v) is 5.49. The van der Waals surface area contributed by atoms with Gasteiger partial charge in [0.1, 0.15) is 15.8 Å². The molecule has 0 spiro atoms. The van der Waals surface area contributed by atoms with Crippen LogP contribution in [0.5, 0.6) is 0 Å². The summed E-state index contributed by atoms with van der Waals surface area (Å²) in [5.74, 6) is 1.84. The maximum atomic E-state index is 11.0. The van der Waals surface area contributed by atoms with E-state index in [0.29, 0.717) is 11.7 Å².